The fourth-order valence-electron chi connectivity index (χ4n) is 2.52. The Bertz CT molecular complexity index is 852. The van der Waals surface area contributed by atoms with Crippen molar-refractivity contribution in [2.24, 2.45) is 0 Å². The van der Waals surface area contributed by atoms with Crippen LogP contribution in [0.4, 0.5) is 4.39 Å². The van der Waals surface area contributed by atoms with Crippen LogP contribution >= 0.6 is 15.9 Å². The Kier molecular flexibility index (Phi) is 6.30. The number of ether oxygens (including phenoxy) is 2. The normalized spacial score (nSPS) is 10.7. The molecule has 1 N–H and O–H groups in total. The third kappa shape index (κ3) is 4.65. The topological polar surface area (TPSA) is 43.6 Å². The van der Waals surface area contributed by atoms with Gasteiger partial charge in [0.2, 0.25) is 0 Å². The maximum Gasteiger partial charge on any atom is 0.175 e. The highest BCUT2D eigenvalue weighted by atomic mass is 79.9. The molecular formula is C20H19BrFNO3. The van der Waals surface area contributed by atoms with Crippen LogP contribution in [0.1, 0.15) is 16.9 Å². The van der Waals surface area contributed by atoms with Gasteiger partial charge in [-0.05, 0) is 51.8 Å². The molecule has 136 valence electrons. The quantitative estimate of drug-likeness (QED) is 0.554. The zero-order valence-corrected chi connectivity index (χ0v) is 15.9. The lowest BCUT2D eigenvalue weighted by atomic mass is 10.2. The van der Waals surface area contributed by atoms with E-state index in [9.17, 15) is 4.39 Å². The van der Waals surface area contributed by atoms with Gasteiger partial charge in [0, 0.05) is 12.1 Å². The van der Waals surface area contributed by atoms with Gasteiger partial charge in [-0.15, -0.1) is 0 Å². The van der Waals surface area contributed by atoms with Crippen LogP contribution in [0.25, 0.3) is 0 Å². The first kappa shape index (κ1) is 18.5. The second-order valence-electron chi connectivity index (χ2n) is 5.67. The zero-order chi connectivity index (χ0) is 18.4. The highest BCUT2D eigenvalue weighted by Gasteiger charge is 2.13. The smallest absolute Gasteiger partial charge is 0.175 e. The third-order valence-electron chi connectivity index (χ3n) is 3.83. The van der Waals surface area contributed by atoms with Crippen LogP contribution in [-0.2, 0) is 19.7 Å². The van der Waals surface area contributed by atoms with Crippen molar-refractivity contribution in [3.8, 4) is 11.5 Å². The van der Waals surface area contributed by atoms with Gasteiger partial charge in [-0.2, -0.15) is 0 Å². The van der Waals surface area contributed by atoms with Crippen molar-refractivity contribution < 1.29 is 18.3 Å². The molecule has 3 rings (SSSR count). The van der Waals surface area contributed by atoms with Crippen molar-refractivity contribution >= 4 is 15.9 Å². The van der Waals surface area contributed by atoms with Gasteiger partial charge in [-0.1, -0.05) is 18.2 Å². The summed E-state index contributed by atoms with van der Waals surface area (Å²) in [5, 5.41) is 3.31. The second kappa shape index (κ2) is 8.87. The maximum absolute atomic E-state index is 13.8. The number of furan rings is 1. The number of nitrogens with one attached hydrogen (secondary N) is 1. The van der Waals surface area contributed by atoms with E-state index in [2.05, 4.69) is 21.2 Å². The monoisotopic (exact) mass is 419 g/mol. The fourth-order valence-corrected chi connectivity index (χ4v) is 3.13. The van der Waals surface area contributed by atoms with Gasteiger partial charge in [0.05, 0.1) is 24.4 Å². The minimum atomic E-state index is -0.290. The Morgan fingerprint density at radius 1 is 1.12 bits per heavy atom. The summed E-state index contributed by atoms with van der Waals surface area (Å²) in [6.45, 7) is 1.40. The lowest BCUT2D eigenvalue weighted by Gasteiger charge is -2.15. The van der Waals surface area contributed by atoms with Crippen LogP contribution in [0.15, 0.2) is 63.7 Å². The minimum Gasteiger partial charge on any atom is -0.493 e. The lowest BCUT2D eigenvalue weighted by Crippen LogP contribution is -2.12. The molecule has 2 aromatic carbocycles. The fraction of sp³-hybridized carbons (Fsp3) is 0.200. The van der Waals surface area contributed by atoms with Crippen LogP contribution < -0.4 is 14.8 Å². The lowest BCUT2D eigenvalue weighted by molar-refractivity contribution is 0.277. The summed E-state index contributed by atoms with van der Waals surface area (Å²) in [5.41, 5.74) is 1.52. The van der Waals surface area contributed by atoms with Gasteiger partial charge < -0.3 is 19.2 Å². The molecule has 0 aliphatic rings. The Morgan fingerprint density at radius 2 is 1.96 bits per heavy atom. The number of methoxy groups -OCH3 is 1. The summed E-state index contributed by atoms with van der Waals surface area (Å²) >= 11 is 3.52. The summed E-state index contributed by atoms with van der Waals surface area (Å²) in [4.78, 5) is 0. The molecule has 3 aromatic rings. The van der Waals surface area contributed by atoms with Gasteiger partial charge >= 0.3 is 0 Å². The molecular weight excluding hydrogens is 401 g/mol. The summed E-state index contributed by atoms with van der Waals surface area (Å²) < 4.78 is 31.0. The van der Waals surface area contributed by atoms with E-state index in [-0.39, 0.29) is 12.4 Å². The molecule has 6 heteroatoms. The van der Waals surface area contributed by atoms with Crippen molar-refractivity contribution in [2.45, 2.75) is 19.7 Å². The van der Waals surface area contributed by atoms with Crippen LogP contribution in [-0.4, -0.2) is 7.11 Å². The van der Waals surface area contributed by atoms with E-state index in [4.69, 9.17) is 13.9 Å². The van der Waals surface area contributed by atoms with E-state index in [1.807, 2.05) is 24.3 Å². The first-order valence-electron chi connectivity index (χ1n) is 8.13. The molecule has 0 atom stereocenters. The van der Waals surface area contributed by atoms with Gasteiger partial charge in [0.15, 0.2) is 11.5 Å². The van der Waals surface area contributed by atoms with Crippen molar-refractivity contribution in [1.82, 2.24) is 5.32 Å². The first-order valence-corrected chi connectivity index (χ1v) is 8.92. The summed E-state index contributed by atoms with van der Waals surface area (Å²) in [7, 11) is 1.58. The summed E-state index contributed by atoms with van der Waals surface area (Å²) in [6.07, 6.45) is 1.65. The molecule has 1 heterocycles. The molecule has 0 saturated carbocycles. The molecule has 4 nitrogen and oxygen atoms in total. The number of hydrogen-bond donors (Lipinski definition) is 1. The van der Waals surface area contributed by atoms with Crippen molar-refractivity contribution in [1.29, 1.82) is 0 Å². The van der Waals surface area contributed by atoms with Crippen LogP contribution in [0, 0.1) is 5.82 Å². The van der Waals surface area contributed by atoms with E-state index in [1.54, 1.807) is 31.6 Å². The number of halogens is 2. The number of hydrogen-bond acceptors (Lipinski definition) is 4. The van der Waals surface area contributed by atoms with Crippen molar-refractivity contribution in [3.63, 3.8) is 0 Å². The Morgan fingerprint density at radius 3 is 2.69 bits per heavy atom. The van der Waals surface area contributed by atoms with E-state index >= 15 is 0 Å². The molecule has 0 aliphatic carbocycles. The van der Waals surface area contributed by atoms with E-state index in [1.165, 1.54) is 6.07 Å². The van der Waals surface area contributed by atoms with Crippen LogP contribution in [0.3, 0.4) is 0 Å². The van der Waals surface area contributed by atoms with Crippen LogP contribution in [0.5, 0.6) is 11.5 Å². The Labute approximate surface area is 160 Å². The molecule has 0 radical (unpaired) electrons. The van der Waals surface area contributed by atoms with Crippen molar-refractivity contribution in [3.05, 3.63) is 82.0 Å². The summed E-state index contributed by atoms with van der Waals surface area (Å²) in [6, 6.07) is 14.2. The Hall–Kier alpha value is -2.31. The molecule has 0 saturated heterocycles. The average Bonchev–Trinajstić information content (AvgIpc) is 3.15. The molecule has 0 bridgehead atoms. The molecule has 0 amide bonds. The molecule has 0 unspecified atom stereocenters. The van der Waals surface area contributed by atoms with Gasteiger partial charge in [-0.25, -0.2) is 4.39 Å². The maximum atomic E-state index is 13.8. The summed E-state index contributed by atoms with van der Waals surface area (Å²) in [5.74, 6) is 1.72. The highest BCUT2D eigenvalue weighted by Crippen LogP contribution is 2.37. The predicted molar refractivity (Wildman–Crippen MR) is 101 cm³/mol. The SMILES string of the molecule is COc1cc(CNCc2ccco2)cc(Br)c1OCc1ccccc1F. The van der Waals surface area contributed by atoms with Crippen molar-refractivity contribution in [2.75, 3.05) is 7.11 Å². The molecule has 0 aliphatic heterocycles. The minimum absolute atomic E-state index is 0.123. The van der Waals surface area contributed by atoms with E-state index in [0.29, 0.717) is 30.2 Å². The number of benzene rings is 2. The third-order valence-corrected chi connectivity index (χ3v) is 4.42. The number of rotatable bonds is 8. The van der Waals surface area contributed by atoms with Crippen LogP contribution in [0.2, 0.25) is 0 Å². The largest absolute Gasteiger partial charge is 0.493 e. The average molecular weight is 420 g/mol. The van der Waals surface area contributed by atoms with Gasteiger partial charge in [0.25, 0.3) is 0 Å². The van der Waals surface area contributed by atoms with Gasteiger partial charge in [0.1, 0.15) is 18.2 Å². The first-order chi connectivity index (χ1) is 12.7. The molecule has 0 spiro atoms. The standard InChI is InChI=1S/C20H19BrFNO3/c1-24-19-10-14(11-23-12-16-6-4-8-25-16)9-17(21)20(19)26-13-15-5-2-3-7-18(15)22/h2-10,23H,11-13H2,1H3. The zero-order valence-electron chi connectivity index (χ0n) is 14.3. The Balaban J connectivity index is 1.67. The van der Waals surface area contributed by atoms with E-state index in [0.717, 1.165) is 15.8 Å². The molecule has 1 aromatic heterocycles. The van der Waals surface area contributed by atoms with E-state index < -0.39 is 0 Å². The second-order valence-corrected chi connectivity index (χ2v) is 6.53. The predicted octanol–water partition coefficient (Wildman–Crippen LogP) is 5.06. The highest BCUT2D eigenvalue weighted by molar-refractivity contribution is 9.10. The van der Waals surface area contributed by atoms with Gasteiger partial charge in [-0.3, -0.25) is 0 Å². The molecule has 0 fully saturated rings. The molecule has 26 heavy (non-hydrogen) atoms.